The summed E-state index contributed by atoms with van der Waals surface area (Å²) in [6.07, 6.45) is 3.70. The lowest BCUT2D eigenvalue weighted by atomic mass is 9.82. The van der Waals surface area contributed by atoms with Crippen molar-refractivity contribution in [1.82, 2.24) is 4.90 Å². The van der Waals surface area contributed by atoms with E-state index < -0.39 is 5.97 Å². The topological polar surface area (TPSA) is 40.5 Å². The van der Waals surface area contributed by atoms with Gasteiger partial charge in [0.1, 0.15) is 0 Å². The Bertz CT molecular complexity index is 607. The molecule has 2 aromatic rings. The number of nitrogens with zero attached hydrogens (tertiary/aromatic N) is 1. The summed E-state index contributed by atoms with van der Waals surface area (Å²) in [6, 6.07) is 21.2. The molecule has 3 heteroatoms. The van der Waals surface area contributed by atoms with Crippen molar-refractivity contribution in [3.05, 3.63) is 71.8 Å². The smallest absolute Gasteiger partial charge is 0.306 e. The normalized spacial score (nSPS) is 20.5. The third-order valence-electron chi connectivity index (χ3n) is 5.21. The fourth-order valence-corrected chi connectivity index (χ4v) is 3.83. The van der Waals surface area contributed by atoms with Gasteiger partial charge in [0.15, 0.2) is 0 Å². The molecule has 0 heterocycles. The Hall–Kier alpha value is -2.13. The van der Waals surface area contributed by atoms with Crippen LogP contribution in [0.3, 0.4) is 0 Å². The minimum atomic E-state index is -0.621. The van der Waals surface area contributed by atoms with E-state index in [2.05, 4.69) is 65.6 Å². The Morgan fingerprint density at radius 3 is 1.76 bits per heavy atom. The summed E-state index contributed by atoms with van der Waals surface area (Å²) in [5.41, 5.74) is 2.66. The van der Waals surface area contributed by atoms with Crippen molar-refractivity contribution in [2.45, 2.75) is 38.8 Å². The lowest BCUT2D eigenvalue weighted by molar-refractivity contribution is -0.143. The van der Waals surface area contributed by atoms with Crippen LogP contribution in [0, 0.1) is 11.8 Å². The zero-order valence-electron chi connectivity index (χ0n) is 14.7. The van der Waals surface area contributed by atoms with Gasteiger partial charge in [0, 0.05) is 19.6 Å². The second kappa shape index (κ2) is 8.82. The SMILES string of the molecule is O=C(O)C1CCC(CN(Cc2ccccc2)Cc2ccccc2)CC1. The average Bonchev–Trinajstić information content (AvgIpc) is 2.64. The molecule has 0 unspecified atom stereocenters. The first-order valence-electron chi connectivity index (χ1n) is 9.23. The van der Waals surface area contributed by atoms with E-state index in [-0.39, 0.29) is 5.92 Å². The van der Waals surface area contributed by atoms with Gasteiger partial charge in [-0.25, -0.2) is 0 Å². The van der Waals surface area contributed by atoms with Gasteiger partial charge in [-0.3, -0.25) is 9.69 Å². The Labute approximate surface area is 150 Å². The molecule has 1 saturated carbocycles. The first kappa shape index (κ1) is 17.7. The molecular formula is C22H27NO2. The molecule has 2 aromatic carbocycles. The van der Waals surface area contributed by atoms with Crippen LogP contribution in [0.2, 0.25) is 0 Å². The van der Waals surface area contributed by atoms with Crippen LogP contribution in [-0.4, -0.2) is 22.5 Å². The number of aliphatic carboxylic acids is 1. The van der Waals surface area contributed by atoms with Crippen molar-refractivity contribution in [3.8, 4) is 0 Å². The summed E-state index contributed by atoms with van der Waals surface area (Å²) in [5.74, 6) is -0.153. The highest BCUT2D eigenvalue weighted by molar-refractivity contribution is 5.69. The van der Waals surface area contributed by atoms with Crippen LogP contribution in [0.25, 0.3) is 0 Å². The molecule has 0 aliphatic heterocycles. The third kappa shape index (κ3) is 5.43. The molecule has 0 amide bonds. The maximum absolute atomic E-state index is 11.2. The predicted molar refractivity (Wildman–Crippen MR) is 100 cm³/mol. The lowest BCUT2D eigenvalue weighted by Crippen LogP contribution is -2.32. The second-order valence-electron chi connectivity index (χ2n) is 7.20. The molecule has 3 rings (SSSR count). The van der Waals surface area contributed by atoms with Crippen molar-refractivity contribution in [2.75, 3.05) is 6.54 Å². The number of carboxylic acids is 1. The van der Waals surface area contributed by atoms with Crippen LogP contribution in [0.5, 0.6) is 0 Å². The minimum Gasteiger partial charge on any atom is -0.481 e. The average molecular weight is 337 g/mol. The molecule has 0 spiro atoms. The Balaban J connectivity index is 1.63. The van der Waals surface area contributed by atoms with Crippen LogP contribution in [0.1, 0.15) is 36.8 Å². The van der Waals surface area contributed by atoms with Gasteiger partial charge in [-0.1, -0.05) is 60.7 Å². The van der Waals surface area contributed by atoms with Gasteiger partial charge in [0.2, 0.25) is 0 Å². The van der Waals surface area contributed by atoms with Gasteiger partial charge in [0.05, 0.1) is 5.92 Å². The number of hydrogen-bond acceptors (Lipinski definition) is 2. The van der Waals surface area contributed by atoms with Crippen molar-refractivity contribution >= 4 is 5.97 Å². The van der Waals surface area contributed by atoms with Gasteiger partial charge < -0.3 is 5.11 Å². The highest BCUT2D eigenvalue weighted by Crippen LogP contribution is 2.30. The first-order chi connectivity index (χ1) is 12.2. The van der Waals surface area contributed by atoms with Gasteiger partial charge >= 0.3 is 5.97 Å². The van der Waals surface area contributed by atoms with E-state index in [0.29, 0.717) is 5.92 Å². The quantitative estimate of drug-likeness (QED) is 0.804. The van der Waals surface area contributed by atoms with Crippen molar-refractivity contribution < 1.29 is 9.90 Å². The Morgan fingerprint density at radius 1 is 0.840 bits per heavy atom. The number of carboxylic acid groups (broad SMARTS) is 1. The highest BCUT2D eigenvalue weighted by Gasteiger charge is 2.27. The zero-order chi connectivity index (χ0) is 17.5. The van der Waals surface area contributed by atoms with Crippen LogP contribution in [-0.2, 0) is 17.9 Å². The van der Waals surface area contributed by atoms with Crippen molar-refractivity contribution in [2.24, 2.45) is 11.8 Å². The highest BCUT2D eigenvalue weighted by atomic mass is 16.4. The molecule has 1 fully saturated rings. The number of hydrogen-bond donors (Lipinski definition) is 1. The molecular weight excluding hydrogens is 310 g/mol. The minimum absolute atomic E-state index is 0.132. The Morgan fingerprint density at radius 2 is 1.32 bits per heavy atom. The van der Waals surface area contributed by atoms with Gasteiger partial charge in [-0.15, -0.1) is 0 Å². The fourth-order valence-electron chi connectivity index (χ4n) is 3.83. The second-order valence-corrected chi connectivity index (χ2v) is 7.20. The molecule has 0 atom stereocenters. The van der Waals surface area contributed by atoms with E-state index in [1.165, 1.54) is 11.1 Å². The molecule has 1 N–H and O–H groups in total. The first-order valence-corrected chi connectivity index (χ1v) is 9.23. The van der Waals surface area contributed by atoms with Crippen molar-refractivity contribution in [1.29, 1.82) is 0 Å². The largest absolute Gasteiger partial charge is 0.481 e. The summed E-state index contributed by atoms with van der Waals surface area (Å²) < 4.78 is 0. The molecule has 25 heavy (non-hydrogen) atoms. The van der Waals surface area contributed by atoms with Gasteiger partial charge in [-0.05, 0) is 42.7 Å². The van der Waals surface area contributed by atoms with Gasteiger partial charge in [0.25, 0.3) is 0 Å². The summed E-state index contributed by atoms with van der Waals surface area (Å²) in [4.78, 5) is 13.7. The van der Waals surface area contributed by atoms with Crippen molar-refractivity contribution in [3.63, 3.8) is 0 Å². The van der Waals surface area contributed by atoms with Crippen LogP contribution in [0.15, 0.2) is 60.7 Å². The van der Waals surface area contributed by atoms with Crippen LogP contribution >= 0.6 is 0 Å². The van der Waals surface area contributed by atoms with Crippen LogP contribution in [0.4, 0.5) is 0 Å². The predicted octanol–water partition coefficient (Wildman–Crippen LogP) is 4.58. The summed E-state index contributed by atoms with van der Waals surface area (Å²) in [5, 5.41) is 9.19. The number of carbonyl (C=O) groups is 1. The molecule has 0 radical (unpaired) electrons. The van der Waals surface area contributed by atoms with E-state index in [9.17, 15) is 9.90 Å². The molecule has 0 saturated heterocycles. The summed E-state index contributed by atoms with van der Waals surface area (Å²) >= 11 is 0. The van der Waals surface area contributed by atoms with Crippen LogP contribution < -0.4 is 0 Å². The number of benzene rings is 2. The van der Waals surface area contributed by atoms with E-state index in [4.69, 9.17) is 0 Å². The molecule has 1 aliphatic carbocycles. The molecule has 1 aliphatic rings. The molecule has 0 bridgehead atoms. The summed E-state index contributed by atoms with van der Waals surface area (Å²) in [7, 11) is 0. The number of rotatable bonds is 7. The maximum Gasteiger partial charge on any atom is 0.306 e. The van der Waals surface area contributed by atoms with E-state index in [1.54, 1.807) is 0 Å². The lowest BCUT2D eigenvalue weighted by Gasteiger charge is -2.31. The van der Waals surface area contributed by atoms with E-state index >= 15 is 0 Å². The van der Waals surface area contributed by atoms with E-state index in [1.807, 2.05) is 0 Å². The molecule has 132 valence electrons. The molecule has 3 nitrogen and oxygen atoms in total. The summed E-state index contributed by atoms with van der Waals surface area (Å²) in [6.45, 7) is 2.92. The third-order valence-corrected chi connectivity index (χ3v) is 5.21. The monoisotopic (exact) mass is 337 g/mol. The van der Waals surface area contributed by atoms with Gasteiger partial charge in [-0.2, -0.15) is 0 Å². The Kier molecular flexibility index (Phi) is 6.24. The maximum atomic E-state index is 11.2. The standard InChI is InChI=1S/C22H27NO2/c24-22(25)21-13-11-20(12-14-21)17-23(15-18-7-3-1-4-8-18)16-19-9-5-2-6-10-19/h1-10,20-21H,11-17H2,(H,24,25). The van der Waals surface area contributed by atoms with E-state index in [0.717, 1.165) is 45.3 Å². The fraction of sp³-hybridized carbons (Fsp3) is 0.409. The zero-order valence-corrected chi connectivity index (χ0v) is 14.7. The molecule has 0 aromatic heterocycles.